The normalized spacial score (nSPS) is 38.0. The Morgan fingerprint density at radius 3 is 0.449 bits per heavy atom. The first-order valence-corrected chi connectivity index (χ1v) is 44.1. The lowest BCUT2D eigenvalue weighted by molar-refractivity contribution is 0.0520. The van der Waals surface area contributed by atoms with Crippen LogP contribution in [0.2, 0.25) is 0 Å². The van der Waals surface area contributed by atoms with Crippen molar-refractivity contribution in [1.82, 2.24) is 0 Å². The van der Waals surface area contributed by atoms with E-state index in [1.54, 1.807) is 231 Å². The van der Waals surface area contributed by atoms with Crippen LogP contribution in [-0.4, -0.2) is 0 Å². The Balaban J connectivity index is 0.000000118. The quantitative estimate of drug-likeness (QED) is 0.212. The Labute approximate surface area is 560 Å². The number of rotatable bonds is 0. The Morgan fingerprint density at radius 1 is 0.112 bits per heavy atom. The van der Waals surface area contributed by atoms with Gasteiger partial charge in [-0.1, -0.05) is 411 Å². The molecule has 0 saturated heterocycles. The van der Waals surface area contributed by atoms with Gasteiger partial charge in [0.1, 0.15) is 0 Å². The SMILES string of the molecule is C1CC2CC12.C1CC2CCC1C2.C1CC2CCC1CC2.C1CC2CCCC2C1.C1CCC2(CC1)CCCCC2.C1CCC2CC3CCCCC3CC2C1.C1CCC2CCCCC2C1.C1CCCC1.C1CCCCC1.C1CCCCCC1.C1CCCCCCC1. The van der Waals surface area contributed by atoms with E-state index in [2.05, 4.69) is 0 Å². The third kappa shape index (κ3) is 28.9. The van der Waals surface area contributed by atoms with E-state index < -0.39 is 0 Å². The monoisotopic (exact) mass is 1230 g/mol. The molecule has 0 aromatic carbocycles. The third-order valence-corrected chi connectivity index (χ3v) is 29.7. The van der Waals surface area contributed by atoms with Gasteiger partial charge in [-0.15, -0.1) is 0 Å². The third-order valence-electron chi connectivity index (χ3n) is 29.7. The average Bonchev–Trinajstić information content (AvgIpc) is 3.71. The summed E-state index contributed by atoms with van der Waals surface area (Å²) in [5.74, 6) is 16.4. The predicted octanol–water partition coefficient (Wildman–Crippen LogP) is 30.6. The smallest absolute Gasteiger partial charge is 0.0297 e. The molecule has 4 bridgehead atoms. The molecule has 20 fully saturated rings. The van der Waals surface area contributed by atoms with Crippen molar-refractivity contribution in [2.24, 2.45) is 88.3 Å². The van der Waals surface area contributed by atoms with E-state index in [1.807, 2.05) is 0 Å². The summed E-state index contributed by atoms with van der Waals surface area (Å²) in [6.45, 7) is 0. The maximum absolute atomic E-state index is 1.62. The minimum absolute atomic E-state index is 0.858. The van der Waals surface area contributed by atoms with Crippen molar-refractivity contribution < 1.29 is 0 Å². The lowest BCUT2D eigenvalue weighted by atomic mass is 9.60. The van der Waals surface area contributed by atoms with Crippen molar-refractivity contribution in [3.63, 3.8) is 0 Å². The van der Waals surface area contributed by atoms with Gasteiger partial charge in [-0.3, -0.25) is 0 Å². The lowest BCUT2D eigenvalue weighted by Crippen LogP contribution is -2.35. The topological polar surface area (TPSA) is 0 Å². The van der Waals surface area contributed by atoms with Gasteiger partial charge in [0.05, 0.1) is 0 Å². The van der Waals surface area contributed by atoms with E-state index in [1.165, 1.54) is 279 Å². The van der Waals surface area contributed by atoms with E-state index in [0.29, 0.717) is 0 Å². The number of hydrogen-bond acceptors (Lipinski definition) is 0. The zero-order chi connectivity index (χ0) is 60.9. The van der Waals surface area contributed by atoms with Crippen LogP contribution in [0.4, 0.5) is 0 Å². The van der Waals surface area contributed by atoms with Crippen LogP contribution < -0.4 is 0 Å². The second kappa shape index (κ2) is 44.8. The largest absolute Gasteiger partial charge is 0.0533 e. The molecule has 0 amide bonds. The molecule has 20 aliphatic carbocycles. The first-order chi connectivity index (χ1) is 44.1. The van der Waals surface area contributed by atoms with Gasteiger partial charge in [0, 0.05) is 0 Å². The van der Waals surface area contributed by atoms with Crippen LogP contribution in [0.3, 0.4) is 0 Å². The van der Waals surface area contributed by atoms with E-state index >= 15 is 0 Å². The minimum atomic E-state index is 0.858. The Hall–Kier alpha value is 0. The van der Waals surface area contributed by atoms with Crippen molar-refractivity contribution in [2.75, 3.05) is 0 Å². The molecule has 0 aromatic heterocycles. The highest BCUT2D eigenvalue weighted by Crippen LogP contribution is 2.55. The Morgan fingerprint density at radius 2 is 0.281 bits per heavy atom. The summed E-state index contributed by atoms with van der Waals surface area (Å²) >= 11 is 0. The minimum Gasteiger partial charge on any atom is -0.0533 e. The van der Waals surface area contributed by atoms with Gasteiger partial charge < -0.3 is 0 Å². The van der Waals surface area contributed by atoms with Gasteiger partial charge in [-0.2, -0.15) is 0 Å². The molecule has 20 rings (SSSR count). The molecule has 6 unspecified atom stereocenters. The van der Waals surface area contributed by atoms with Gasteiger partial charge in [0.2, 0.25) is 0 Å². The van der Waals surface area contributed by atoms with E-state index in [4.69, 9.17) is 0 Å². The fourth-order valence-electron chi connectivity index (χ4n) is 23.3. The number of fused-ring (bicyclic) bond motifs is 10. The highest BCUT2D eigenvalue weighted by molar-refractivity contribution is 4.95. The van der Waals surface area contributed by atoms with Gasteiger partial charge in [-0.05, 0) is 152 Å². The summed E-state index contributed by atoms with van der Waals surface area (Å²) in [5, 5.41) is 0. The highest BCUT2D eigenvalue weighted by atomic mass is 14.5. The van der Waals surface area contributed by atoms with Gasteiger partial charge in [-0.25, -0.2) is 0 Å². The number of hydrogen-bond donors (Lipinski definition) is 0. The zero-order valence-corrected chi connectivity index (χ0v) is 60.9. The average molecular weight is 1230 g/mol. The van der Waals surface area contributed by atoms with Crippen LogP contribution in [0.25, 0.3) is 0 Å². The first-order valence-electron chi connectivity index (χ1n) is 44.1. The summed E-state index contributed by atoms with van der Waals surface area (Å²) in [4.78, 5) is 0. The molecule has 0 aromatic rings. The van der Waals surface area contributed by atoms with Crippen LogP contribution >= 0.6 is 0 Å². The molecule has 0 nitrogen and oxygen atoms in total. The van der Waals surface area contributed by atoms with Crippen LogP contribution in [0.1, 0.15) is 475 Å². The van der Waals surface area contributed by atoms with Crippen LogP contribution in [0.5, 0.6) is 0 Å². The molecule has 0 heterocycles. The van der Waals surface area contributed by atoms with Gasteiger partial charge in [0.25, 0.3) is 0 Å². The van der Waals surface area contributed by atoms with Crippen molar-refractivity contribution in [3.05, 3.63) is 0 Å². The maximum Gasteiger partial charge on any atom is -0.0297 e. The Bertz CT molecular complexity index is 1440. The molecule has 518 valence electrons. The summed E-state index contributed by atoms with van der Waals surface area (Å²) in [7, 11) is 0. The fraction of sp³-hybridized carbons (Fsp3) is 1.00. The molecule has 1 spiro atoms. The molecule has 0 heteroatoms. The van der Waals surface area contributed by atoms with Crippen LogP contribution in [0.15, 0.2) is 0 Å². The zero-order valence-electron chi connectivity index (χ0n) is 60.9. The molecule has 0 radical (unpaired) electrons. The molecule has 0 N–H and O–H groups in total. The first kappa shape index (κ1) is 73.3. The van der Waals surface area contributed by atoms with E-state index in [-0.39, 0.29) is 0 Å². The molecule has 89 heavy (non-hydrogen) atoms. The predicted molar refractivity (Wildman–Crippen MR) is 393 cm³/mol. The van der Waals surface area contributed by atoms with Gasteiger partial charge >= 0.3 is 0 Å². The molecule has 0 aliphatic heterocycles. The summed E-state index contributed by atoms with van der Waals surface area (Å²) in [6.07, 6.45) is 114. The van der Waals surface area contributed by atoms with Crippen molar-refractivity contribution in [3.8, 4) is 0 Å². The van der Waals surface area contributed by atoms with Crippen LogP contribution in [0, 0.1) is 88.3 Å². The second-order valence-corrected chi connectivity index (χ2v) is 36.3. The maximum atomic E-state index is 1.62. The van der Waals surface area contributed by atoms with Crippen molar-refractivity contribution in [1.29, 1.82) is 0 Å². The molecular formula is C89H162. The highest BCUT2D eigenvalue weighted by Gasteiger charge is 2.44. The Kier molecular flexibility index (Phi) is 36.8. The summed E-state index contributed by atoms with van der Waals surface area (Å²) in [6, 6.07) is 0. The van der Waals surface area contributed by atoms with Crippen molar-refractivity contribution in [2.45, 2.75) is 475 Å². The van der Waals surface area contributed by atoms with Gasteiger partial charge in [0.15, 0.2) is 0 Å². The van der Waals surface area contributed by atoms with Crippen molar-refractivity contribution >= 4 is 0 Å². The summed E-state index contributed by atoms with van der Waals surface area (Å²) in [5.41, 5.74) is 0.858. The van der Waals surface area contributed by atoms with Crippen LogP contribution in [-0.2, 0) is 0 Å². The molecule has 20 saturated carbocycles. The standard InChI is InChI=1S/C14H24.C11H20.C10H18.2C8H14.C8H16.C7H12.C7H14.C6H12.C5H8.C5H10/c1-2-6-12-10-14-8-4-3-7-13(14)9-11(12)5-1;1-3-7-11(8-4-1)9-5-2-6-10-11;1-2-6-10-8-4-3-7-9(10)5-1;1-3-7-5-2-6-8(7)4-1;1-2-8-5-3-7(1)4-6-8;1-2-4-6-8-7-5-3-1;1-2-7-4-3-6(1)5-7;1-2-4-6-7-5-3-1;1-2-4-6-5-3-1;1-2-5-3-4(1)5;1-2-4-5-3-1/h11-14H,1-10H2;1-10H2;9-10H,1-8H2;2*7-8H,1-6H2;1-8H2;6-7H,1-5H2;1-7H2;1-6H2;4-5H,1-3H2;1-5H2. The molecular weight excluding hydrogens is 1070 g/mol. The molecule has 20 aliphatic rings. The fourth-order valence-corrected chi connectivity index (χ4v) is 23.3. The van der Waals surface area contributed by atoms with E-state index in [0.717, 1.165) is 52.8 Å². The molecule has 6 atom stereocenters. The summed E-state index contributed by atoms with van der Waals surface area (Å²) < 4.78 is 0. The lowest BCUT2D eigenvalue weighted by Gasteiger charge is -2.46. The second-order valence-electron chi connectivity index (χ2n) is 36.3. The van der Waals surface area contributed by atoms with E-state index in [9.17, 15) is 0 Å².